The average Bonchev–Trinajstić information content (AvgIpc) is 3.13. The molecule has 1 aromatic carbocycles. The summed E-state index contributed by atoms with van der Waals surface area (Å²) in [5.41, 5.74) is 5.13. The van der Waals surface area contributed by atoms with Gasteiger partial charge in [-0.05, 0) is 30.4 Å². The fourth-order valence-electron chi connectivity index (χ4n) is 3.55. The first-order valence-corrected chi connectivity index (χ1v) is 9.80. The molecular formula is C23H25N5. The Morgan fingerprint density at radius 1 is 0.929 bits per heavy atom. The van der Waals surface area contributed by atoms with Gasteiger partial charge in [-0.2, -0.15) is 0 Å². The summed E-state index contributed by atoms with van der Waals surface area (Å²) in [7, 11) is 0. The molecule has 0 radical (unpaired) electrons. The third kappa shape index (κ3) is 3.79. The molecule has 142 valence electrons. The number of nitrogens with zero attached hydrogens (tertiary/aromatic N) is 5. The molecule has 5 heteroatoms. The lowest BCUT2D eigenvalue weighted by Gasteiger charge is -2.13. The average molecular weight is 371 g/mol. The summed E-state index contributed by atoms with van der Waals surface area (Å²) in [4.78, 5) is 9.16. The van der Waals surface area contributed by atoms with E-state index in [1.165, 1.54) is 5.56 Å². The second kappa shape index (κ2) is 7.89. The van der Waals surface area contributed by atoms with Crippen molar-refractivity contribution in [3.63, 3.8) is 0 Å². The zero-order chi connectivity index (χ0) is 19.5. The third-order valence-corrected chi connectivity index (χ3v) is 4.86. The monoisotopic (exact) mass is 371 g/mol. The third-order valence-electron chi connectivity index (χ3n) is 4.86. The molecule has 0 fully saturated rings. The van der Waals surface area contributed by atoms with Gasteiger partial charge in [-0.3, -0.25) is 9.38 Å². The minimum atomic E-state index is 0.220. The van der Waals surface area contributed by atoms with Crippen LogP contribution in [-0.2, 0) is 12.8 Å². The number of pyridine rings is 1. The molecule has 0 aliphatic rings. The quantitative estimate of drug-likeness (QED) is 0.492. The maximum Gasteiger partial charge on any atom is 0.182 e. The van der Waals surface area contributed by atoms with E-state index >= 15 is 0 Å². The Hall–Kier alpha value is -3.08. The highest BCUT2D eigenvalue weighted by molar-refractivity contribution is 5.61. The van der Waals surface area contributed by atoms with Gasteiger partial charge in [0.2, 0.25) is 0 Å². The van der Waals surface area contributed by atoms with Gasteiger partial charge in [0.05, 0.1) is 11.4 Å². The largest absolute Gasteiger partial charge is 0.282 e. The molecule has 4 rings (SSSR count). The van der Waals surface area contributed by atoms with E-state index < -0.39 is 0 Å². The van der Waals surface area contributed by atoms with E-state index in [0.717, 1.165) is 41.3 Å². The summed E-state index contributed by atoms with van der Waals surface area (Å²) in [6.07, 6.45) is 7.54. The lowest BCUT2D eigenvalue weighted by atomic mass is 10.0. The molecular weight excluding hydrogens is 346 g/mol. The molecule has 4 aromatic rings. The van der Waals surface area contributed by atoms with Crippen LogP contribution in [0.3, 0.4) is 0 Å². The smallest absolute Gasteiger partial charge is 0.182 e. The number of benzene rings is 1. The predicted molar refractivity (Wildman–Crippen MR) is 111 cm³/mol. The highest BCUT2D eigenvalue weighted by Crippen LogP contribution is 2.25. The lowest BCUT2D eigenvalue weighted by Crippen LogP contribution is -2.07. The number of fused-ring (bicyclic) bond motifs is 1. The molecule has 0 amide bonds. The highest BCUT2D eigenvalue weighted by Gasteiger charge is 2.19. The number of hydrogen-bond donors (Lipinski definition) is 0. The van der Waals surface area contributed by atoms with Gasteiger partial charge >= 0.3 is 0 Å². The van der Waals surface area contributed by atoms with Crippen molar-refractivity contribution in [2.24, 2.45) is 5.92 Å². The zero-order valence-corrected chi connectivity index (χ0v) is 16.6. The molecule has 0 N–H and O–H groups in total. The maximum atomic E-state index is 4.93. The molecule has 0 aliphatic heterocycles. The van der Waals surface area contributed by atoms with Crippen LogP contribution in [0.25, 0.3) is 16.9 Å². The van der Waals surface area contributed by atoms with Gasteiger partial charge in [-0.1, -0.05) is 57.2 Å². The molecule has 0 saturated heterocycles. The summed E-state index contributed by atoms with van der Waals surface area (Å²) in [5, 5.41) is 9.05. The van der Waals surface area contributed by atoms with E-state index in [1.54, 1.807) is 6.20 Å². The van der Waals surface area contributed by atoms with E-state index in [4.69, 9.17) is 4.98 Å². The van der Waals surface area contributed by atoms with Gasteiger partial charge in [0, 0.05) is 30.1 Å². The standard InChI is InChI=1S/C23H25N5/c1-16(2)12-20-23-27-26-22(17(3)13-18-8-7-11-24-14-18)28(23)15-21(25-20)19-9-5-4-6-10-19/h4-11,14-17H,12-13H2,1-3H3. The van der Waals surface area contributed by atoms with Crippen molar-refractivity contribution >= 4 is 5.65 Å². The Kier molecular flexibility index (Phi) is 5.15. The van der Waals surface area contributed by atoms with Crippen molar-refractivity contribution in [1.29, 1.82) is 0 Å². The summed E-state index contributed by atoms with van der Waals surface area (Å²) >= 11 is 0. The molecule has 0 spiro atoms. The highest BCUT2D eigenvalue weighted by atomic mass is 15.3. The normalized spacial score (nSPS) is 12.6. The Morgan fingerprint density at radius 2 is 1.75 bits per heavy atom. The van der Waals surface area contributed by atoms with Crippen LogP contribution in [0.2, 0.25) is 0 Å². The predicted octanol–water partition coefficient (Wildman–Crippen LogP) is 4.73. The maximum absolute atomic E-state index is 4.93. The molecule has 0 saturated carbocycles. The minimum absolute atomic E-state index is 0.220. The zero-order valence-electron chi connectivity index (χ0n) is 16.6. The van der Waals surface area contributed by atoms with Gasteiger partial charge in [0.15, 0.2) is 5.65 Å². The first-order valence-electron chi connectivity index (χ1n) is 9.80. The molecule has 0 bridgehead atoms. The second-order valence-electron chi connectivity index (χ2n) is 7.76. The first kappa shape index (κ1) is 18.3. The first-order chi connectivity index (χ1) is 13.6. The van der Waals surface area contributed by atoms with E-state index in [1.807, 2.05) is 30.5 Å². The van der Waals surface area contributed by atoms with Crippen molar-refractivity contribution in [2.75, 3.05) is 0 Å². The lowest BCUT2D eigenvalue weighted by molar-refractivity contribution is 0.635. The van der Waals surface area contributed by atoms with Crippen LogP contribution in [0.15, 0.2) is 61.1 Å². The summed E-state index contributed by atoms with van der Waals surface area (Å²) in [6, 6.07) is 14.4. The van der Waals surface area contributed by atoms with Crippen LogP contribution < -0.4 is 0 Å². The molecule has 5 nitrogen and oxygen atoms in total. The Labute approximate surface area is 165 Å². The molecule has 3 heterocycles. The van der Waals surface area contributed by atoms with Crippen LogP contribution >= 0.6 is 0 Å². The fourth-order valence-corrected chi connectivity index (χ4v) is 3.55. The second-order valence-corrected chi connectivity index (χ2v) is 7.76. The summed E-state index contributed by atoms with van der Waals surface area (Å²) in [6.45, 7) is 6.60. The molecule has 0 aliphatic carbocycles. The van der Waals surface area contributed by atoms with Crippen LogP contribution in [-0.4, -0.2) is 24.6 Å². The summed E-state index contributed by atoms with van der Waals surface area (Å²) in [5.74, 6) is 1.68. The fraction of sp³-hybridized carbons (Fsp3) is 0.304. The van der Waals surface area contributed by atoms with Gasteiger partial charge in [0.1, 0.15) is 5.82 Å². The van der Waals surface area contributed by atoms with Crippen LogP contribution in [0, 0.1) is 5.92 Å². The van der Waals surface area contributed by atoms with Gasteiger partial charge in [-0.15, -0.1) is 10.2 Å². The van der Waals surface area contributed by atoms with Gasteiger partial charge in [0.25, 0.3) is 0 Å². The van der Waals surface area contributed by atoms with Crippen LogP contribution in [0.4, 0.5) is 0 Å². The van der Waals surface area contributed by atoms with Crippen molar-refractivity contribution in [3.8, 4) is 11.3 Å². The van der Waals surface area contributed by atoms with E-state index in [2.05, 4.69) is 64.7 Å². The van der Waals surface area contributed by atoms with E-state index in [0.29, 0.717) is 5.92 Å². The van der Waals surface area contributed by atoms with Gasteiger partial charge < -0.3 is 0 Å². The Bertz CT molecular complexity index is 1050. The number of rotatable bonds is 6. The Balaban J connectivity index is 1.79. The molecule has 28 heavy (non-hydrogen) atoms. The molecule has 1 unspecified atom stereocenters. The SMILES string of the molecule is CC(C)Cc1nc(-c2ccccc2)cn2c(C(C)Cc3cccnc3)nnc12. The van der Waals surface area contributed by atoms with Gasteiger partial charge in [-0.25, -0.2) is 4.98 Å². The minimum Gasteiger partial charge on any atom is -0.282 e. The van der Waals surface area contributed by atoms with E-state index in [-0.39, 0.29) is 5.92 Å². The number of hydrogen-bond acceptors (Lipinski definition) is 4. The topological polar surface area (TPSA) is 56.0 Å². The van der Waals surface area contributed by atoms with Crippen molar-refractivity contribution in [2.45, 2.75) is 39.5 Å². The number of aromatic nitrogens is 5. The molecule has 1 atom stereocenters. The van der Waals surface area contributed by atoms with Crippen molar-refractivity contribution < 1.29 is 0 Å². The van der Waals surface area contributed by atoms with Crippen molar-refractivity contribution in [1.82, 2.24) is 24.6 Å². The van der Waals surface area contributed by atoms with Crippen LogP contribution in [0.5, 0.6) is 0 Å². The van der Waals surface area contributed by atoms with Crippen molar-refractivity contribution in [3.05, 3.63) is 78.1 Å². The summed E-state index contributed by atoms with van der Waals surface area (Å²) < 4.78 is 2.13. The van der Waals surface area contributed by atoms with Crippen LogP contribution in [0.1, 0.15) is 43.8 Å². The molecule has 3 aromatic heterocycles. The van der Waals surface area contributed by atoms with E-state index in [9.17, 15) is 0 Å². The Morgan fingerprint density at radius 3 is 2.46 bits per heavy atom.